The van der Waals surface area contributed by atoms with Crippen LogP contribution in [0.1, 0.15) is 49.1 Å². The summed E-state index contributed by atoms with van der Waals surface area (Å²) in [6, 6.07) is 11.6. The largest absolute Gasteiger partial charge is 0.496 e. The molecular weight excluding hydrogens is 394 g/mol. The fourth-order valence-corrected chi connectivity index (χ4v) is 4.66. The summed E-state index contributed by atoms with van der Waals surface area (Å²) >= 11 is 0. The first-order valence-electron chi connectivity index (χ1n) is 11.0. The minimum absolute atomic E-state index is 0.103. The van der Waals surface area contributed by atoms with E-state index in [9.17, 15) is 4.79 Å². The van der Waals surface area contributed by atoms with E-state index in [1.54, 1.807) is 20.3 Å². The van der Waals surface area contributed by atoms with Crippen LogP contribution in [0.15, 0.2) is 36.4 Å². The highest BCUT2D eigenvalue weighted by atomic mass is 16.5. The second-order valence-electron chi connectivity index (χ2n) is 8.47. The number of esters is 1. The molecule has 2 aromatic rings. The van der Waals surface area contributed by atoms with Gasteiger partial charge in [0.05, 0.1) is 32.8 Å². The Bertz CT molecular complexity index is 922. The van der Waals surface area contributed by atoms with Crippen LogP contribution in [0.5, 0.6) is 17.2 Å². The van der Waals surface area contributed by atoms with Gasteiger partial charge >= 0.3 is 5.97 Å². The minimum Gasteiger partial charge on any atom is -0.496 e. The number of ether oxygens (including phenoxy) is 4. The number of hydrogen-bond donors (Lipinski definition) is 1. The lowest BCUT2D eigenvalue weighted by molar-refractivity contribution is -0.154. The Morgan fingerprint density at radius 2 is 1.74 bits per heavy atom. The van der Waals surface area contributed by atoms with Gasteiger partial charge < -0.3 is 24.7 Å². The fourth-order valence-electron chi connectivity index (χ4n) is 4.66. The molecule has 1 aliphatic heterocycles. The van der Waals surface area contributed by atoms with E-state index in [0.29, 0.717) is 25.1 Å². The first-order valence-corrected chi connectivity index (χ1v) is 11.0. The maximum absolute atomic E-state index is 12.5. The van der Waals surface area contributed by atoms with E-state index in [-0.39, 0.29) is 23.9 Å². The van der Waals surface area contributed by atoms with Gasteiger partial charge in [-0.1, -0.05) is 6.07 Å². The first kappa shape index (κ1) is 21.3. The van der Waals surface area contributed by atoms with E-state index >= 15 is 0 Å². The smallest absolute Gasteiger partial charge is 0.309 e. The number of carbonyl (C=O) groups excluding carboxylic acids is 1. The maximum Gasteiger partial charge on any atom is 0.309 e. The van der Waals surface area contributed by atoms with Gasteiger partial charge in [-0.25, -0.2) is 0 Å². The topological polar surface area (TPSA) is 80.0 Å². The molecule has 1 saturated heterocycles. The van der Waals surface area contributed by atoms with Gasteiger partial charge in [0.2, 0.25) is 0 Å². The molecule has 1 heterocycles. The van der Waals surface area contributed by atoms with Gasteiger partial charge in [0.15, 0.2) is 11.5 Å². The average molecular weight is 426 g/mol. The highest BCUT2D eigenvalue weighted by Crippen LogP contribution is 2.38. The molecule has 6 nitrogen and oxygen atoms in total. The summed E-state index contributed by atoms with van der Waals surface area (Å²) in [7, 11) is 3.29. The third-order valence-electron chi connectivity index (χ3n) is 6.35. The molecule has 2 fully saturated rings. The molecule has 1 unspecified atom stereocenters. The van der Waals surface area contributed by atoms with Crippen LogP contribution in [0.3, 0.4) is 0 Å². The summed E-state index contributed by atoms with van der Waals surface area (Å²) < 4.78 is 22.8. The predicted octanol–water partition coefficient (Wildman–Crippen LogP) is 4.50. The number of nitrogens with two attached hydrogens (primary N) is 1. The van der Waals surface area contributed by atoms with Crippen molar-refractivity contribution >= 4 is 11.7 Å². The lowest BCUT2D eigenvalue weighted by Gasteiger charge is -2.29. The van der Waals surface area contributed by atoms with Crippen LogP contribution in [0.4, 0.5) is 5.69 Å². The summed E-state index contributed by atoms with van der Waals surface area (Å²) in [5, 5.41) is 0. The van der Waals surface area contributed by atoms with Crippen LogP contribution in [0.2, 0.25) is 0 Å². The highest BCUT2D eigenvalue weighted by Gasteiger charge is 2.32. The van der Waals surface area contributed by atoms with Gasteiger partial charge in [0.25, 0.3) is 0 Å². The van der Waals surface area contributed by atoms with Crippen LogP contribution >= 0.6 is 0 Å². The summed E-state index contributed by atoms with van der Waals surface area (Å²) in [5.41, 5.74) is 8.63. The van der Waals surface area contributed by atoms with Crippen LogP contribution in [0, 0.1) is 5.92 Å². The van der Waals surface area contributed by atoms with Crippen molar-refractivity contribution in [3.8, 4) is 17.2 Å². The predicted molar refractivity (Wildman–Crippen MR) is 119 cm³/mol. The average Bonchev–Trinajstić information content (AvgIpc) is 3.28. The molecule has 0 spiro atoms. The SMILES string of the molecule is COc1ccc(N)cc1CC1C[C@@H](c2ccc(OC)c(OC3CCCC3)c2)COC1=O. The third-order valence-corrected chi connectivity index (χ3v) is 6.35. The lowest BCUT2D eigenvalue weighted by atomic mass is 9.84. The van der Waals surface area contributed by atoms with E-state index in [1.807, 2.05) is 24.3 Å². The normalized spacial score (nSPS) is 21.5. The molecule has 4 rings (SSSR count). The Hall–Kier alpha value is -2.89. The molecule has 6 heteroatoms. The van der Waals surface area contributed by atoms with E-state index < -0.39 is 0 Å². The van der Waals surface area contributed by atoms with Crippen molar-refractivity contribution in [3.63, 3.8) is 0 Å². The van der Waals surface area contributed by atoms with Crippen LogP contribution in [0.25, 0.3) is 0 Å². The van der Waals surface area contributed by atoms with Gasteiger partial charge in [0.1, 0.15) is 5.75 Å². The van der Waals surface area contributed by atoms with Crippen molar-refractivity contribution < 1.29 is 23.7 Å². The van der Waals surface area contributed by atoms with Crippen LogP contribution in [-0.2, 0) is 16.0 Å². The number of cyclic esters (lactones) is 1. The molecule has 31 heavy (non-hydrogen) atoms. The van der Waals surface area contributed by atoms with E-state index in [4.69, 9.17) is 24.7 Å². The number of nitrogen functional groups attached to an aromatic ring is 1. The molecule has 0 aromatic heterocycles. The van der Waals surface area contributed by atoms with Gasteiger partial charge in [-0.2, -0.15) is 0 Å². The zero-order valence-electron chi connectivity index (χ0n) is 18.3. The van der Waals surface area contributed by atoms with Crippen LogP contribution < -0.4 is 19.9 Å². The lowest BCUT2D eigenvalue weighted by Crippen LogP contribution is -2.31. The molecule has 2 N–H and O–H groups in total. The minimum atomic E-state index is -0.254. The summed E-state index contributed by atoms with van der Waals surface area (Å²) in [6.07, 6.45) is 6.06. The van der Waals surface area contributed by atoms with Gasteiger partial charge in [0, 0.05) is 11.6 Å². The second kappa shape index (κ2) is 9.50. The Balaban J connectivity index is 1.52. The van der Waals surface area contributed by atoms with Gasteiger partial charge in [-0.3, -0.25) is 4.79 Å². The zero-order valence-corrected chi connectivity index (χ0v) is 18.3. The van der Waals surface area contributed by atoms with Crippen molar-refractivity contribution in [1.29, 1.82) is 0 Å². The van der Waals surface area contributed by atoms with Crippen LogP contribution in [-0.4, -0.2) is 32.9 Å². The molecule has 0 radical (unpaired) electrons. The third kappa shape index (κ3) is 4.89. The fraction of sp³-hybridized carbons (Fsp3) is 0.480. The zero-order chi connectivity index (χ0) is 21.8. The number of methoxy groups -OCH3 is 2. The Kier molecular flexibility index (Phi) is 6.54. The highest BCUT2D eigenvalue weighted by molar-refractivity contribution is 5.74. The monoisotopic (exact) mass is 425 g/mol. The molecule has 1 saturated carbocycles. The molecule has 166 valence electrons. The Morgan fingerprint density at radius 3 is 2.48 bits per heavy atom. The molecule has 2 aromatic carbocycles. The van der Waals surface area contributed by atoms with Crippen molar-refractivity contribution in [2.45, 2.75) is 50.5 Å². The maximum atomic E-state index is 12.5. The number of hydrogen-bond acceptors (Lipinski definition) is 6. The number of carbonyl (C=O) groups is 1. The van der Waals surface area contributed by atoms with E-state index in [2.05, 4.69) is 6.07 Å². The summed E-state index contributed by atoms with van der Waals surface area (Å²) in [5.74, 6) is 1.93. The van der Waals surface area contributed by atoms with E-state index in [1.165, 1.54) is 12.8 Å². The molecule has 2 aliphatic rings. The van der Waals surface area contributed by atoms with Gasteiger partial charge in [-0.15, -0.1) is 0 Å². The molecule has 2 atom stereocenters. The quantitative estimate of drug-likeness (QED) is 0.520. The van der Waals surface area contributed by atoms with Crippen molar-refractivity contribution in [3.05, 3.63) is 47.5 Å². The Labute approximate surface area is 183 Å². The van der Waals surface area contributed by atoms with Gasteiger partial charge in [-0.05, 0) is 80.0 Å². The van der Waals surface area contributed by atoms with Crippen molar-refractivity contribution in [1.82, 2.24) is 0 Å². The molecule has 1 aliphatic carbocycles. The number of anilines is 1. The van der Waals surface area contributed by atoms with E-state index in [0.717, 1.165) is 41.2 Å². The molecule has 0 amide bonds. The number of benzene rings is 2. The second-order valence-corrected chi connectivity index (χ2v) is 8.47. The van der Waals surface area contributed by atoms with Crippen molar-refractivity contribution in [2.24, 2.45) is 5.92 Å². The first-order chi connectivity index (χ1) is 15.1. The molecule has 0 bridgehead atoms. The number of rotatable bonds is 7. The summed E-state index contributed by atoms with van der Waals surface area (Å²) in [6.45, 7) is 0.374. The molecular formula is C25H31NO5. The standard InChI is InChI=1S/C25H31NO5/c1-28-22-10-8-20(26)13-17(22)11-18-12-19(15-30-25(18)27)16-7-9-23(29-2)24(14-16)31-21-5-3-4-6-21/h7-10,13-14,18-19,21H,3-6,11-12,15,26H2,1-2H3/t18?,19-/m1/s1. The van der Waals surface area contributed by atoms with Crippen molar-refractivity contribution in [2.75, 3.05) is 26.6 Å². The summed E-state index contributed by atoms with van der Waals surface area (Å²) in [4.78, 5) is 12.5. The Morgan fingerprint density at radius 1 is 1.00 bits per heavy atom.